The molecular formula is C28H28N3NaO5. The number of benzene rings is 3. The predicted molar refractivity (Wildman–Crippen MR) is 142 cm³/mol. The Labute approximate surface area is 237 Å². The van der Waals surface area contributed by atoms with Crippen LogP contribution in [0.15, 0.2) is 54.6 Å². The quantitative estimate of drug-likeness (QED) is 0.303. The predicted octanol–water partition coefficient (Wildman–Crippen LogP) is 4.49. The first-order valence-electron chi connectivity index (χ1n) is 12.1. The van der Waals surface area contributed by atoms with Crippen LogP contribution in [0, 0.1) is 0 Å². The van der Waals surface area contributed by atoms with Crippen LogP contribution in [0.4, 0.5) is 5.69 Å². The molecule has 0 unspecified atom stereocenters. The number of anilines is 1. The monoisotopic (exact) mass is 509 g/mol. The van der Waals surface area contributed by atoms with Crippen LogP contribution in [-0.2, 0) is 16.0 Å². The number of para-hydroxylation sites is 1. The molecule has 2 aliphatic rings. The molecule has 0 amide bonds. The summed E-state index contributed by atoms with van der Waals surface area (Å²) < 4.78 is 25.0. The second kappa shape index (κ2) is 10.3. The van der Waals surface area contributed by atoms with Crippen molar-refractivity contribution >= 4 is 52.2 Å². The van der Waals surface area contributed by atoms with Crippen molar-refractivity contribution in [1.29, 1.82) is 0 Å². The number of carbonyl (C=O) groups is 1. The summed E-state index contributed by atoms with van der Waals surface area (Å²) in [4.78, 5) is 16.2. The minimum absolute atomic E-state index is 0. The van der Waals surface area contributed by atoms with E-state index in [0.717, 1.165) is 63.0 Å². The fraction of sp³-hybridized carbons (Fsp3) is 0.286. The summed E-state index contributed by atoms with van der Waals surface area (Å²) >= 11 is 0. The molecule has 0 aliphatic carbocycles. The van der Waals surface area contributed by atoms with Gasteiger partial charge in [-0.3, -0.25) is 9.36 Å². The third-order valence-electron chi connectivity index (χ3n) is 6.68. The van der Waals surface area contributed by atoms with E-state index >= 15 is 0 Å². The van der Waals surface area contributed by atoms with Gasteiger partial charge in [-0.1, -0.05) is 19.1 Å². The summed E-state index contributed by atoms with van der Waals surface area (Å²) in [6, 6.07) is 18.0. The number of hydrogen-bond donors (Lipinski definition) is 1. The van der Waals surface area contributed by atoms with Crippen LogP contribution in [0.3, 0.4) is 0 Å². The fourth-order valence-corrected chi connectivity index (χ4v) is 5.03. The number of rotatable bonds is 6. The molecule has 0 saturated heterocycles. The van der Waals surface area contributed by atoms with E-state index in [1.165, 1.54) is 6.92 Å². The van der Waals surface area contributed by atoms with Crippen molar-refractivity contribution in [2.24, 2.45) is 0 Å². The molecule has 0 spiro atoms. The van der Waals surface area contributed by atoms with Gasteiger partial charge in [0.2, 0.25) is 0 Å². The SMILES string of the molecule is CCc1nc2ccc(OC)cc2n1-c1cccc2c1OC[C@H]2Nc1ccc2c(c1)OC[C@H]2OC(C)=O.[NaH]. The van der Waals surface area contributed by atoms with Gasteiger partial charge in [-0.05, 0) is 30.3 Å². The molecule has 0 bridgehead atoms. The van der Waals surface area contributed by atoms with E-state index in [-0.39, 0.29) is 47.7 Å². The molecule has 6 rings (SSSR count). The summed E-state index contributed by atoms with van der Waals surface area (Å²) in [7, 11) is 1.67. The zero-order valence-corrected chi connectivity index (χ0v) is 20.4. The van der Waals surface area contributed by atoms with Gasteiger partial charge in [0.25, 0.3) is 0 Å². The standard InChI is InChI=1S/C28H27N3O5.Na.H/c1-4-27-30-21-11-9-18(33-3)13-24(21)31(27)23-7-5-6-19-22(14-35-28(19)23)29-17-8-10-20-25(12-17)34-15-26(20)36-16(2)32;;/h5-13,22,26,29H,4,14-15H2,1-3H3;;/t22-,26-;;/m1../s1. The van der Waals surface area contributed by atoms with Gasteiger partial charge in [0.1, 0.15) is 36.3 Å². The Hall–Kier alpha value is -3.20. The number of nitrogens with zero attached hydrogens (tertiary/aromatic N) is 2. The van der Waals surface area contributed by atoms with E-state index in [9.17, 15) is 4.79 Å². The summed E-state index contributed by atoms with van der Waals surface area (Å²) in [6.07, 6.45) is 0.423. The molecule has 2 atom stereocenters. The van der Waals surface area contributed by atoms with E-state index in [2.05, 4.69) is 35.0 Å². The number of esters is 1. The maximum absolute atomic E-state index is 11.4. The van der Waals surface area contributed by atoms with Gasteiger partial charge in [-0.15, -0.1) is 0 Å². The molecule has 9 heteroatoms. The number of nitrogens with one attached hydrogen (secondary N) is 1. The van der Waals surface area contributed by atoms with Crippen molar-refractivity contribution in [2.75, 3.05) is 25.6 Å². The van der Waals surface area contributed by atoms with Crippen molar-refractivity contribution in [3.63, 3.8) is 0 Å². The first kappa shape index (κ1) is 25.4. The van der Waals surface area contributed by atoms with E-state index in [1.54, 1.807) is 7.11 Å². The van der Waals surface area contributed by atoms with Gasteiger partial charge in [-0.25, -0.2) is 4.98 Å². The molecule has 3 heterocycles. The Morgan fingerprint density at radius 3 is 2.76 bits per heavy atom. The number of carbonyl (C=O) groups excluding carboxylic acids is 1. The summed E-state index contributed by atoms with van der Waals surface area (Å²) in [6.45, 7) is 4.34. The van der Waals surface area contributed by atoms with Crippen molar-refractivity contribution in [2.45, 2.75) is 32.4 Å². The van der Waals surface area contributed by atoms with Crippen LogP contribution < -0.4 is 19.5 Å². The number of fused-ring (bicyclic) bond motifs is 3. The molecule has 37 heavy (non-hydrogen) atoms. The van der Waals surface area contributed by atoms with E-state index in [0.29, 0.717) is 13.2 Å². The van der Waals surface area contributed by atoms with Crippen LogP contribution in [-0.4, -0.2) is 65.4 Å². The van der Waals surface area contributed by atoms with Crippen LogP contribution in [0.1, 0.15) is 42.9 Å². The average molecular weight is 510 g/mol. The zero-order chi connectivity index (χ0) is 24.8. The number of aromatic nitrogens is 2. The number of hydrogen-bond acceptors (Lipinski definition) is 7. The average Bonchev–Trinajstić information content (AvgIpc) is 3.58. The van der Waals surface area contributed by atoms with Gasteiger partial charge >= 0.3 is 35.5 Å². The Morgan fingerprint density at radius 2 is 1.97 bits per heavy atom. The third-order valence-corrected chi connectivity index (χ3v) is 6.68. The molecule has 186 valence electrons. The summed E-state index contributed by atoms with van der Waals surface area (Å²) in [5, 5.41) is 3.58. The summed E-state index contributed by atoms with van der Waals surface area (Å²) in [5.74, 6) is 3.01. The van der Waals surface area contributed by atoms with Crippen LogP contribution in [0.5, 0.6) is 17.2 Å². The number of ether oxygens (including phenoxy) is 4. The maximum atomic E-state index is 11.4. The third kappa shape index (κ3) is 4.54. The second-order valence-electron chi connectivity index (χ2n) is 8.94. The van der Waals surface area contributed by atoms with Gasteiger partial charge in [0, 0.05) is 42.3 Å². The molecule has 2 aliphatic heterocycles. The Bertz CT molecular complexity index is 1480. The second-order valence-corrected chi connectivity index (χ2v) is 8.94. The molecule has 0 saturated carbocycles. The van der Waals surface area contributed by atoms with Crippen LogP contribution in [0.25, 0.3) is 16.7 Å². The van der Waals surface area contributed by atoms with Gasteiger partial charge in [-0.2, -0.15) is 0 Å². The molecule has 0 fully saturated rings. The van der Waals surface area contributed by atoms with Crippen molar-refractivity contribution in [3.05, 3.63) is 71.5 Å². The van der Waals surface area contributed by atoms with Crippen molar-refractivity contribution in [3.8, 4) is 22.9 Å². The van der Waals surface area contributed by atoms with Gasteiger partial charge < -0.3 is 24.3 Å². The molecule has 8 nitrogen and oxygen atoms in total. The molecule has 4 aromatic rings. The summed E-state index contributed by atoms with van der Waals surface area (Å²) in [5.41, 5.74) is 5.75. The molecular weight excluding hydrogens is 481 g/mol. The van der Waals surface area contributed by atoms with Crippen molar-refractivity contribution < 1.29 is 23.7 Å². The van der Waals surface area contributed by atoms with Crippen LogP contribution >= 0.6 is 0 Å². The van der Waals surface area contributed by atoms with E-state index < -0.39 is 0 Å². The first-order chi connectivity index (χ1) is 17.6. The Balaban J connectivity index is 0.00000280. The number of aryl methyl sites for hydroxylation is 1. The topological polar surface area (TPSA) is 83.8 Å². The zero-order valence-electron chi connectivity index (χ0n) is 20.4. The Morgan fingerprint density at radius 1 is 1.11 bits per heavy atom. The molecule has 1 N–H and O–H groups in total. The molecule has 0 radical (unpaired) electrons. The first-order valence-corrected chi connectivity index (χ1v) is 12.1. The van der Waals surface area contributed by atoms with Gasteiger partial charge in [0.05, 0.1) is 29.9 Å². The minimum atomic E-state index is -0.360. The van der Waals surface area contributed by atoms with Crippen LogP contribution in [0.2, 0.25) is 0 Å². The normalized spacial score (nSPS) is 17.3. The molecule has 1 aromatic heterocycles. The van der Waals surface area contributed by atoms with E-state index in [4.69, 9.17) is 23.9 Å². The fourth-order valence-electron chi connectivity index (χ4n) is 5.03. The van der Waals surface area contributed by atoms with Gasteiger partial charge in [0.15, 0.2) is 6.10 Å². The molecule has 3 aromatic carbocycles. The Kier molecular flexibility index (Phi) is 7.07. The van der Waals surface area contributed by atoms with Crippen molar-refractivity contribution in [1.82, 2.24) is 9.55 Å². The van der Waals surface area contributed by atoms with E-state index in [1.807, 2.05) is 36.4 Å². The number of imidazole rings is 1. The number of methoxy groups -OCH3 is 1.